The van der Waals surface area contributed by atoms with E-state index in [1.807, 2.05) is 48.5 Å². The van der Waals surface area contributed by atoms with Gasteiger partial charge in [0.2, 0.25) is 0 Å². The maximum atomic E-state index is 12.8. The molecule has 22 heavy (non-hydrogen) atoms. The number of fused-ring (bicyclic) bond motifs is 1. The normalized spacial score (nSPS) is 10.6. The van der Waals surface area contributed by atoms with Gasteiger partial charge >= 0.3 is 0 Å². The minimum Gasteiger partial charge on any atom is -0.450 e. The molecule has 0 radical (unpaired) electrons. The van der Waals surface area contributed by atoms with E-state index in [9.17, 15) is 4.79 Å². The van der Waals surface area contributed by atoms with E-state index in [0.717, 1.165) is 15.5 Å². The van der Waals surface area contributed by atoms with Gasteiger partial charge in [-0.05, 0) is 40.2 Å². The molecule has 0 saturated heterocycles. The van der Waals surface area contributed by atoms with Crippen molar-refractivity contribution in [3.05, 3.63) is 77.5 Å². The highest BCUT2D eigenvalue weighted by molar-refractivity contribution is 9.10. The molecule has 0 fully saturated rings. The molecule has 4 heteroatoms. The first-order valence-corrected chi connectivity index (χ1v) is 7.66. The molecule has 0 aliphatic carbocycles. The van der Waals surface area contributed by atoms with Crippen LogP contribution in [-0.2, 0) is 0 Å². The van der Waals surface area contributed by atoms with Crippen LogP contribution in [0.2, 0.25) is 0 Å². The average molecular weight is 356 g/mol. The van der Waals surface area contributed by atoms with E-state index in [4.69, 9.17) is 4.42 Å². The van der Waals surface area contributed by atoms with E-state index in [1.165, 1.54) is 0 Å². The van der Waals surface area contributed by atoms with Crippen molar-refractivity contribution in [1.29, 1.82) is 0 Å². The number of carbonyl (C=O) groups is 1. The summed E-state index contributed by atoms with van der Waals surface area (Å²) < 4.78 is 6.57. The van der Waals surface area contributed by atoms with Crippen LogP contribution >= 0.6 is 15.9 Å². The molecule has 0 atom stereocenters. The summed E-state index contributed by atoms with van der Waals surface area (Å²) in [7, 11) is 0. The molecule has 1 heterocycles. The minimum atomic E-state index is -0.186. The van der Waals surface area contributed by atoms with E-state index in [2.05, 4.69) is 22.5 Å². The average Bonchev–Trinajstić information content (AvgIpc) is 2.98. The summed E-state index contributed by atoms with van der Waals surface area (Å²) in [5.41, 5.74) is 1.49. The minimum absolute atomic E-state index is 0.186. The summed E-state index contributed by atoms with van der Waals surface area (Å²) >= 11 is 3.44. The van der Waals surface area contributed by atoms with Crippen LogP contribution in [-0.4, -0.2) is 12.5 Å². The number of carbonyl (C=O) groups excluding carboxylic acids is 1. The topological polar surface area (TPSA) is 33.5 Å². The van der Waals surface area contributed by atoms with Gasteiger partial charge in [0.25, 0.3) is 5.91 Å². The van der Waals surface area contributed by atoms with Gasteiger partial charge in [-0.2, -0.15) is 0 Å². The molecule has 1 aromatic heterocycles. The molecule has 0 aliphatic rings. The highest BCUT2D eigenvalue weighted by atomic mass is 79.9. The summed E-state index contributed by atoms with van der Waals surface area (Å²) in [4.78, 5) is 14.4. The smallest absolute Gasteiger partial charge is 0.294 e. The van der Waals surface area contributed by atoms with Gasteiger partial charge in [-0.15, -0.1) is 6.58 Å². The number of rotatable bonds is 4. The molecule has 3 aromatic rings. The van der Waals surface area contributed by atoms with Gasteiger partial charge in [0.05, 0.1) is 4.47 Å². The van der Waals surface area contributed by atoms with Crippen molar-refractivity contribution in [2.75, 3.05) is 11.4 Å². The second kappa shape index (κ2) is 6.20. The number of amides is 1. The number of halogens is 1. The second-order valence-corrected chi connectivity index (χ2v) is 5.66. The third kappa shape index (κ3) is 2.70. The molecule has 0 spiro atoms. The lowest BCUT2D eigenvalue weighted by atomic mass is 10.2. The Bertz CT molecular complexity index is 823. The third-order valence-electron chi connectivity index (χ3n) is 3.33. The molecule has 110 valence electrons. The molecule has 0 unspecified atom stereocenters. The lowest BCUT2D eigenvalue weighted by Gasteiger charge is -2.19. The monoisotopic (exact) mass is 355 g/mol. The van der Waals surface area contributed by atoms with Crippen molar-refractivity contribution in [2.45, 2.75) is 0 Å². The van der Waals surface area contributed by atoms with Crippen LogP contribution < -0.4 is 4.90 Å². The largest absolute Gasteiger partial charge is 0.450 e. The quantitative estimate of drug-likeness (QED) is 0.615. The molecule has 1 amide bonds. The van der Waals surface area contributed by atoms with Crippen molar-refractivity contribution in [3.63, 3.8) is 0 Å². The highest BCUT2D eigenvalue weighted by Gasteiger charge is 2.21. The Morgan fingerprint density at radius 1 is 1.18 bits per heavy atom. The standard InChI is InChI=1S/C18H14BrNO2/c1-2-11-20(14-8-4-3-5-9-14)18(21)16-12-13-7-6-10-15(19)17(13)22-16/h2-10,12H,1,11H2. The Morgan fingerprint density at radius 2 is 1.95 bits per heavy atom. The lowest BCUT2D eigenvalue weighted by molar-refractivity contribution is 0.0965. The summed E-state index contributed by atoms with van der Waals surface area (Å²) in [6.07, 6.45) is 1.70. The molecule has 0 saturated carbocycles. The zero-order chi connectivity index (χ0) is 15.5. The van der Waals surface area contributed by atoms with Gasteiger partial charge in [0.15, 0.2) is 5.76 Å². The lowest BCUT2D eigenvalue weighted by Crippen LogP contribution is -2.30. The van der Waals surface area contributed by atoms with Crippen LogP contribution in [0.25, 0.3) is 11.0 Å². The van der Waals surface area contributed by atoms with E-state index in [1.54, 1.807) is 17.0 Å². The number of hydrogen-bond acceptors (Lipinski definition) is 2. The summed E-state index contributed by atoms with van der Waals surface area (Å²) in [5.74, 6) is 0.127. The molecular weight excluding hydrogens is 342 g/mol. The van der Waals surface area contributed by atoms with Crippen LogP contribution in [0.4, 0.5) is 5.69 Å². The van der Waals surface area contributed by atoms with Crippen LogP contribution in [0.5, 0.6) is 0 Å². The number of nitrogens with zero attached hydrogens (tertiary/aromatic N) is 1. The van der Waals surface area contributed by atoms with Crippen molar-refractivity contribution in [2.24, 2.45) is 0 Å². The number of anilines is 1. The third-order valence-corrected chi connectivity index (χ3v) is 3.96. The zero-order valence-corrected chi connectivity index (χ0v) is 13.4. The molecule has 0 bridgehead atoms. The maximum absolute atomic E-state index is 12.8. The van der Waals surface area contributed by atoms with Gasteiger partial charge in [-0.3, -0.25) is 4.79 Å². The van der Waals surface area contributed by atoms with Gasteiger partial charge in [0.1, 0.15) is 5.58 Å². The zero-order valence-electron chi connectivity index (χ0n) is 11.8. The van der Waals surface area contributed by atoms with Crippen molar-refractivity contribution >= 4 is 38.5 Å². The SMILES string of the molecule is C=CCN(C(=O)c1cc2cccc(Br)c2o1)c1ccccc1. The summed E-state index contributed by atoms with van der Waals surface area (Å²) in [5, 5.41) is 0.893. The fourth-order valence-corrected chi connectivity index (χ4v) is 2.77. The number of para-hydroxylation sites is 2. The maximum Gasteiger partial charge on any atom is 0.294 e. The molecular formula is C18H14BrNO2. The van der Waals surface area contributed by atoms with Crippen LogP contribution in [0.3, 0.4) is 0 Å². The fraction of sp³-hybridized carbons (Fsp3) is 0.0556. The Balaban J connectivity index is 2.02. The van der Waals surface area contributed by atoms with E-state index < -0.39 is 0 Å². The highest BCUT2D eigenvalue weighted by Crippen LogP contribution is 2.28. The summed E-state index contributed by atoms with van der Waals surface area (Å²) in [6.45, 7) is 4.14. The first-order chi connectivity index (χ1) is 10.7. The summed E-state index contributed by atoms with van der Waals surface area (Å²) in [6, 6.07) is 17.0. The first kappa shape index (κ1) is 14.6. The van der Waals surface area contributed by atoms with Crippen molar-refractivity contribution < 1.29 is 9.21 Å². The first-order valence-electron chi connectivity index (χ1n) is 6.86. The van der Waals surface area contributed by atoms with Crippen LogP contribution in [0.15, 0.2) is 76.1 Å². The van der Waals surface area contributed by atoms with E-state index in [0.29, 0.717) is 17.9 Å². The fourth-order valence-electron chi connectivity index (χ4n) is 2.31. The Morgan fingerprint density at radius 3 is 2.64 bits per heavy atom. The van der Waals surface area contributed by atoms with Gasteiger partial charge in [0, 0.05) is 17.6 Å². The van der Waals surface area contributed by atoms with Gasteiger partial charge in [-0.25, -0.2) is 0 Å². The number of hydrogen-bond donors (Lipinski definition) is 0. The van der Waals surface area contributed by atoms with E-state index in [-0.39, 0.29) is 5.91 Å². The predicted molar refractivity (Wildman–Crippen MR) is 92.2 cm³/mol. The molecule has 0 N–H and O–H groups in total. The number of benzene rings is 2. The second-order valence-electron chi connectivity index (χ2n) is 4.81. The Labute approximate surface area is 137 Å². The van der Waals surface area contributed by atoms with Crippen molar-refractivity contribution in [3.8, 4) is 0 Å². The van der Waals surface area contributed by atoms with E-state index >= 15 is 0 Å². The molecule has 3 nitrogen and oxygen atoms in total. The van der Waals surface area contributed by atoms with Crippen molar-refractivity contribution in [1.82, 2.24) is 0 Å². The van der Waals surface area contributed by atoms with Crippen LogP contribution in [0, 0.1) is 0 Å². The van der Waals surface area contributed by atoms with Gasteiger partial charge < -0.3 is 9.32 Å². The Kier molecular flexibility index (Phi) is 4.11. The molecule has 0 aliphatic heterocycles. The molecule has 2 aromatic carbocycles. The number of furan rings is 1. The van der Waals surface area contributed by atoms with Crippen LogP contribution in [0.1, 0.15) is 10.6 Å². The Hall–Kier alpha value is -2.33. The van der Waals surface area contributed by atoms with Gasteiger partial charge in [-0.1, -0.05) is 36.4 Å². The molecule has 3 rings (SSSR count). The predicted octanol–water partition coefficient (Wildman–Crippen LogP) is 5.03.